The predicted octanol–water partition coefficient (Wildman–Crippen LogP) is 4.97. The minimum Gasteiger partial charge on any atom is -0.444 e. The van der Waals surface area contributed by atoms with Crippen LogP contribution in [0.15, 0.2) is 23.7 Å². The summed E-state index contributed by atoms with van der Waals surface area (Å²) in [5.41, 5.74) is 0.515. The van der Waals surface area contributed by atoms with E-state index >= 15 is 0 Å². The molecule has 12 heteroatoms. The number of hydrogen-bond donors (Lipinski definition) is 1. The Morgan fingerprint density at radius 1 is 1.23 bits per heavy atom. The monoisotopic (exact) mass is 524 g/mol. The number of nitrogens with zero attached hydrogens (tertiary/aromatic N) is 4. The van der Waals surface area contributed by atoms with Gasteiger partial charge in [-0.05, 0) is 45.7 Å². The lowest BCUT2D eigenvalue weighted by molar-refractivity contribution is -0.200. The maximum Gasteiger partial charge on any atom is 0.421 e. The number of halogens is 2. The number of benzene rings is 1. The van der Waals surface area contributed by atoms with Crippen molar-refractivity contribution in [2.75, 3.05) is 24.6 Å². The van der Waals surface area contributed by atoms with Gasteiger partial charge in [-0.25, -0.2) is 14.8 Å². The number of rotatable bonds is 5. The number of alkyl halides is 2. The molecule has 0 spiro atoms. The lowest BCUT2D eigenvalue weighted by Gasteiger charge is -2.41. The topological polar surface area (TPSA) is 88.0 Å². The van der Waals surface area contributed by atoms with E-state index in [-0.39, 0.29) is 23.9 Å². The van der Waals surface area contributed by atoms with Crippen LogP contribution in [-0.4, -0.2) is 69.6 Å². The molecule has 0 saturated carbocycles. The summed E-state index contributed by atoms with van der Waals surface area (Å²) in [6.45, 7) is 5.27. The number of aromatic nitrogens is 2. The molecule has 5 rings (SSSR count). The van der Waals surface area contributed by atoms with Crippen LogP contribution in [0.5, 0.6) is 5.75 Å². The van der Waals surface area contributed by atoms with Crippen molar-refractivity contribution in [3.8, 4) is 16.3 Å². The van der Waals surface area contributed by atoms with Crippen LogP contribution in [0.25, 0.3) is 20.8 Å². The number of aliphatic hydroxyl groups is 1. The summed E-state index contributed by atoms with van der Waals surface area (Å²) in [5, 5.41) is 12.3. The molecule has 3 aromatic rings. The van der Waals surface area contributed by atoms with Gasteiger partial charge in [0.05, 0.1) is 16.8 Å². The Morgan fingerprint density at radius 3 is 2.54 bits per heavy atom. The molecule has 2 bridgehead atoms. The van der Waals surface area contributed by atoms with Gasteiger partial charge in [-0.15, -0.1) is 11.3 Å². The third kappa shape index (κ3) is 4.78. The van der Waals surface area contributed by atoms with E-state index in [4.69, 9.17) is 19.6 Å². The predicted molar refractivity (Wildman–Crippen MR) is 130 cm³/mol. The Hall–Kier alpha value is -2.57. The molecule has 1 amide bonds. The molecule has 2 aliphatic rings. The molecule has 0 aliphatic carbocycles. The van der Waals surface area contributed by atoms with Crippen LogP contribution in [0.4, 0.5) is 18.7 Å². The Labute approximate surface area is 209 Å². The standard InChI is InChI=1S/C23H26F2N4O4S2/c1-22(2,3)33-21(31)29-13-4-5-14(29)11-28(10-13)20-27-17-16(32-23(24,25)12-30)7-6-15(18(17)35-20)19-26-8-9-34-19/h6-9,13-14,30H,4-5,10-12H2,1-3H3. The summed E-state index contributed by atoms with van der Waals surface area (Å²) in [5.74, 6) is -0.0998. The number of aliphatic hydroxyl groups excluding tert-OH is 1. The summed E-state index contributed by atoms with van der Waals surface area (Å²) in [4.78, 5) is 25.8. The van der Waals surface area contributed by atoms with Crippen LogP contribution in [0.2, 0.25) is 0 Å². The highest BCUT2D eigenvalue weighted by molar-refractivity contribution is 7.23. The molecule has 1 aromatic carbocycles. The van der Waals surface area contributed by atoms with Crippen LogP contribution < -0.4 is 9.64 Å². The molecule has 8 nitrogen and oxygen atoms in total. The zero-order chi connectivity index (χ0) is 25.0. The normalized spacial score (nSPS) is 20.5. The summed E-state index contributed by atoms with van der Waals surface area (Å²) in [6, 6.07) is 3.11. The molecule has 2 unspecified atom stereocenters. The molecule has 2 aliphatic heterocycles. The van der Waals surface area contributed by atoms with Crippen molar-refractivity contribution in [2.45, 2.75) is 57.4 Å². The van der Waals surface area contributed by atoms with Crippen molar-refractivity contribution < 1.29 is 28.2 Å². The Kier molecular flexibility index (Phi) is 6.09. The molecular formula is C23H26F2N4O4S2. The maximum atomic E-state index is 13.9. The number of ether oxygens (including phenoxy) is 2. The molecular weight excluding hydrogens is 498 g/mol. The summed E-state index contributed by atoms with van der Waals surface area (Å²) in [7, 11) is 0. The van der Waals surface area contributed by atoms with Gasteiger partial charge in [0, 0.05) is 30.2 Å². The number of piperazine rings is 1. The number of fused-ring (bicyclic) bond motifs is 3. The van der Waals surface area contributed by atoms with E-state index in [1.807, 2.05) is 31.1 Å². The van der Waals surface area contributed by atoms with E-state index in [0.29, 0.717) is 28.4 Å². The Bertz CT molecular complexity index is 1210. The van der Waals surface area contributed by atoms with Crippen molar-refractivity contribution in [1.29, 1.82) is 0 Å². The van der Waals surface area contributed by atoms with Gasteiger partial charge in [-0.3, -0.25) is 4.90 Å². The van der Waals surface area contributed by atoms with Crippen LogP contribution in [-0.2, 0) is 4.74 Å². The number of carbonyl (C=O) groups excluding carboxylic acids is 1. The van der Waals surface area contributed by atoms with E-state index in [1.165, 1.54) is 28.7 Å². The molecule has 2 saturated heterocycles. The first kappa shape index (κ1) is 24.1. The third-order valence-electron chi connectivity index (χ3n) is 5.96. The van der Waals surface area contributed by atoms with Gasteiger partial charge in [-0.2, -0.15) is 8.78 Å². The van der Waals surface area contributed by atoms with Crippen LogP contribution in [0.3, 0.4) is 0 Å². The molecule has 4 heterocycles. The van der Waals surface area contributed by atoms with Crippen LogP contribution >= 0.6 is 22.7 Å². The van der Waals surface area contributed by atoms with Crippen molar-refractivity contribution in [1.82, 2.24) is 14.9 Å². The second kappa shape index (κ2) is 8.82. The van der Waals surface area contributed by atoms with Gasteiger partial charge >= 0.3 is 12.2 Å². The van der Waals surface area contributed by atoms with Crippen molar-refractivity contribution in [3.63, 3.8) is 0 Å². The highest BCUT2D eigenvalue weighted by atomic mass is 32.1. The molecule has 2 atom stereocenters. The van der Waals surface area contributed by atoms with Gasteiger partial charge in [0.1, 0.15) is 22.7 Å². The van der Waals surface area contributed by atoms with Gasteiger partial charge in [-0.1, -0.05) is 11.3 Å². The van der Waals surface area contributed by atoms with E-state index in [0.717, 1.165) is 23.4 Å². The zero-order valence-electron chi connectivity index (χ0n) is 19.5. The van der Waals surface area contributed by atoms with E-state index in [1.54, 1.807) is 12.3 Å². The first-order valence-corrected chi connectivity index (χ1v) is 13.0. The fourth-order valence-corrected chi connectivity index (χ4v) is 6.43. The fourth-order valence-electron chi connectivity index (χ4n) is 4.58. The van der Waals surface area contributed by atoms with E-state index in [9.17, 15) is 13.6 Å². The lowest BCUT2D eigenvalue weighted by Crippen LogP contribution is -2.56. The van der Waals surface area contributed by atoms with Gasteiger partial charge in [0.15, 0.2) is 10.9 Å². The molecule has 2 aromatic heterocycles. The van der Waals surface area contributed by atoms with Crippen molar-refractivity contribution in [2.24, 2.45) is 0 Å². The summed E-state index contributed by atoms with van der Waals surface area (Å²) in [6.07, 6.45) is -0.607. The maximum absolute atomic E-state index is 13.9. The molecule has 1 N–H and O–H groups in total. The smallest absolute Gasteiger partial charge is 0.421 e. The first-order valence-electron chi connectivity index (χ1n) is 11.3. The van der Waals surface area contributed by atoms with Crippen LogP contribution in [0, 0.1) is 0 Å². The third-order valence-corrected chi connectivity index (χ3v) is 7.91. The SMILES string of the molecule is CC(C)(C)OC(=O)N1C2CCC1CN(c1nc3c(OC(F)(F)CO)ccc(-c4nccs4)c3s1)C2. The number of carbonyl (C=O) groups is 1. The Balaban J connectivity index is 1.48. The largest absolute Gasteiger partial charge is 0.444 e. The fraction of sp³-hybridized carbons (Fsp3) is 0.522. The van der Waals surface area contributed by atoms with Crippen molar-refractivity contribution in [3.05, 3.63) is 23.7 Å². The number of anilines is 1. The zero-order valence-corrected chi connectivity index (χ0v) is 21.2. The second-order valence-electron chi connectivity index (χ2n) is 9.70. The highest BCUT2D eigenvalue weighted by Crippen LogP contribution is 2.44. The minimum atomic E-state index is -3.72. The quantitative estimate of drug-likeness (QED) is 0.504. The average molecular weight is 525 g/mol. The molecule has 188 valence electrons. The second-order valence-corrected chi connectivity index (χ2v) is 11.6. The summed E-state index contributed by atoms with van der Waals surface area (Å²) >= 11 is 2.83. The minimum absolute atomic E-state index is 0.0107. The van der Waals surface area contributed by atoms with E-state index in [2.05, 4.69) is 9.88 Å². The number of amides is 1. The molecule has 35 heavy (non-hydrogen) atoms. The number of thiazole rings is 2. The Morgan fingerprint density at radius 2 is 1.94 bits per heavy atom. The summed E-state index contributed by atoms with van der Waals surface area (Å²) < 4.78 is 38.9. The van der Waals surface area contributed by atoms with E-state index < -0.39 is 18.3 Å². The van der Waals surface area contributed by atoms with Gasteiger partial charge in [0.25, 0.3) is 0 Å². The van der Waals surface area contributed by atoms with Crippen LogP contribution in [0.1, 0.15) is 33.6 Å². The lowest BCUT2D eigenvalue weighted by atomic mass is 10.2. The van der Waals surface area contributed by atoms with Crippen molar-refractivity contribution >= 4 is 44.1 Å². The van der Waals surface area contributed by atoms with Gasteiger partial charge in [0.2, 0.25) is 0 Å². The molecule has 2 fully saturated rings. The first-order chi connectivity index (χ1) is 16.5. The molecule has 0 radical (unpaired) electrons. The number of hydrogen-bond acceptors (Lipinski definition) is 9. The van der Waals surface area contributed by atoms with Gasteiger partial charge < -0.3 is 19.5 Å². The average Bonchev–Trinajstić information content (AvgIpc) is 3.51. The highest BCUT2D eigenvalue weighted by Gasteiger charge is 2.45.